The number of nitrogens with one attached hydrogen (secondary N) is 1. The Bertz CT molecular complexity index is 546. The van der Waals surface area contributed by atoms with E-state index in [0.717, 1.165) is 23.8 Å². The third-order valence-electron chi connectivity index (χ3n) is 2.27. The average Bonchev–Trinajstić information content (AvgIpc) is 2.35. The van der Waals surface area contributed by atoms with Crippen LogP contribution in [0.3, 0.4) is 0 Å². The first-order valence-corrected chi connectivity index (χ1v) is 5.40. The maximum Gasteiger partial charge on any atom is 0.166 e. The van der Waals surface area contributed by atoms with Crippen molar-refractivity contribution < 1.29 is 13.5 Å². The fourth-order valence-corrected chi connectivity index (χ4v) is 1.50. The smallest absolute Gasteiger partial charge is 0.166 e. The number of hydrogen-bond donors (Lipinski definition) is 1. The molecule has 1 N–H and O–H groups in total. The summed E-state index contributed by atoms with van der Waals surface area (Å²) in [7, 11) is 1.81. The third-order valence-corrected chi connectivity index (χ3v) is 2.27. The minimum atomic E-state index is -0.615. The maximum atomic E-state index is 13.4. The molecule has 0 saturated carbocycles. The van der Waals surface area contributed by atoms with E-state index in [0.29, 0.717) is 12.3 Å². The van der Waals surface area contributed by atoms with Crippen molar-refractivity contribution in [1.82, 2.24) is 10.3 Å². The first kappa shape index (κ1) is 12.4. The zero-order chi connectivity index (χ0) is 13.0. The van der Waals surface area contributed by atoms with Gasteiger partial charge in [0.25, 0.3) is 0 Å². The Morgan fingerprint density at radius 1 is 1.22 bits per heavy atom. The predicted octanol–water partition coefficient (Wildman–Crippen LogP) is 2.87. The molecule has 0 fully saturated rings. The van der Waals surface area contributed by atoms with Crippen molar-refractivity contribution in [2.45, 2.75) is 6.54 Å². The van der Waals surface area contributed by atoms with Crippen LogP contribution in [0.5, 0.6) is 11.5 Å². The zero-order valence-electron chi connectivity index (χ0n) is 9.78. The van der Waals surface area contributed by atoms with Crippen LogP contribution in [0.4, 0.5) is 8.78 Å². The summed E-state index contributed by atoms with van der Waals surface area (Å²) in [6.45, 7) is 0.621. The lowest BCUT2D eigenvalue weighted by molar-refractivity contribution is 0.434. The number of hydrogen-bond acceptors (Lipinski definition) is 3. The van der Waals surface area contributed by atoms with Crippen molar-refractivity contribution in [3.63, 3.8) is 0 Å². The van der Waals surface area contributed by atoms with Crippen LogP contribution in [-0.4, -0.2) is 12.0 Å². The van der Waals surface area contributed by atoms with Gasteiger partial charge in [-0.2, -0.15) is 0 Å². The van der Waals surface area contributed by atoms with Crippen molar-refractivity contribution in [1.29, 1.82) is 0 Å². The Morgan fingerprint density at radius 2 is 2.06 bits per heavy atom. The molecule has 18 heavy (non-hydrogen) atoms. The van der Waals surface area contributed by atoms with Crippen molar-refractivity contribution in [3.05, 3.63) is 53.9 Å². The number of rotatable bonds is 4. The monoisotopic (exact) mass is 250 g/mol. The highest BCUT2D eigenvalue weighted by molar-refractivity contribution is 5.32. The number of halogens is 2. The van der Waals surface area contributed by atoms with Crippen LogP contribution >= 0.6 is 0 Å². The number of benzene rings is 1. The molecule has 0 bridgehead atoms. The highest BCUT2D eigenvalue weighted by Crippen LogP contribution is 2.25. The second-order valence-electron chi connectivity index (χ2n) is 3.74. The lowest BCUT2D eigenvalue weighted by Gasteiger charge is -2.07. The minimum Gasteiger partial charge on any atom is -0.453 e. The standard InChI is InChI=1S/C13H12F2N2O/c1-16-6-9-4-11(8-17-7-9)18-13-5-10(14)2-3-12(13)15/h2-5,7-8,16H,6H2,1H3. The van der Waals surface area contributed by atoms with Crippen molar-refractivity contribution in [2.75, 3.05) is 7.05 Å². The molecule has 0 unspecified atom stereocenters. The first-order valence-electron chi connectivity index (χ1n) is 5.40. The van der Waals surface area contributed by atoms with E-state index in [1.807, 2.05) is 0 Å². The molecule has 0 atom stereocenters. The highest BCUT2D eigenvalue weighted by Gasteiger charge is 2.07. The summed E-state index contributed by atoms with van der Waals surface area (Å²) in [5, 5.41) is 2.97. The van der Waals surface area contributed by atoms with Gasteiger partial charge < -0.3 is 10.1 Å². The molecular formula is C13H12F2N2O. The summed E-state index contributed by atoms with van der Waals surface area (Å²) in [6, 6.07) is 4.78. The lowest BCUT2D eigenvalue weighted by Crippen LogP contribution is -2.05. The molecule has 0 aliphatic rings. The van der Waals surface area contributed by atoms with Gasteiger partial charge in [0.2, 0.25) is 0 Å². The van der Waals surface area contributed by atoms with Gasteiger partial charge in [0.05, 0.1) is 6.20 Å². The van der Waals surface area contributed by atoms with E-state index in [1.165, 1.54) is 6.20 Å². The van der Waals surface area contributed by atoms with E-state index in [1.54, 1.807) is 19.3 Å². The molecule has 1 aromatic carbocycles. The molecule has 5 heteroatoms. The van der Waals surface area contributed by atoms with Crippen molar-refractivity contribution in [2.24, 2.45) is 0 Å². The molecule has 1 aromatic heterocycles. The highest BCUT2D eigenvalue weighted by atomic mass is 19.1. The second-order valence-corrected chi connectivity index (χ2v) is 3.74. The van der Waals surface area contributed by atoms with Gasteiger partial charge in [0.15, 0.2) is 11.6 Å². The Labute approximate surface area is 103 Å². The molecule has 2 rings (SSSR count). The largest absolute Gasteiger partial charge is 0.453 e. The Hall–Kier alpha value is -2.01. The van der Waals surface area contributed by atoms with Gasteiger partial charge in [-0.05, 0) is 30.8 Å². The van der Waals surface area contributed by atoms with Crippen LogP contribution in [0.2, 0.25) is 0 Å². The van der Waals surface area contributed by atoms with E-state index >= 15 is 0 Å². The SMILES string of the molecule is CNCc1cncc(Oc2cc(F)ccc2F)c1. The van der Waals surface area contributed by atoms with Gasteiger partial charge in [-0.3, -0.25) is 4.98 Å². The normalized spacial score (nSPS) is 10.4. The van der Waals surface area contributed by atoms with Crippen molar-refractivity contribution in [3.8, 4) is 11.5 Å². The van der Waals surface area contributed by atoms with E-state index in [9.17, 15) is 8.78 Å². The summed E-state index contributed by atoms with van der Waals surface area (Å²) in [6.07, 6.45) is 3.12. The molecule has 0 spiro atoms. The third kappa shape index (κ3) is 3.01. The van der Waals surface area contributed by atoms with Gasteiger partial charge in [0.1, 0.15) is 11.6 Å². The van der Waals surface area contributed by atoms with E-state index in [4.69, 9.17) is 4.74 Å². The minimum absolute atomic E-state index is 0.154. The Kier molecular flexibility index (Phi) is 3.84. The van der Waals surface area contributed by atoms with E-state index in [-0.39, 0.29) is 5.75 Å². The molecule has 0 aliphatic carbocycles. The van der Waals surface area contributed by atoms with Crippen LogP contribution in [0, 0.1) is 11.6 Å². The number of pyridine rings is 1. The van der Waals surface area contributed by atoms with Gasteiger partial charge in [0, 0.05) is 18.8 Å². The Balaban J connectivity index is 2.22. The van der Waals surface area contributed by atoms with Crippen molar-refractivity contribution >= 4 is 0 Å². The van der Waals surface area contributed by atoms with Crippen LogP contribution in [0.1, 0.15) is 5.56 Å². The predicted molar refractivity (Wildman–Crippen MR) is 63.4 cm³/mol. The van der Waals surface area contributed by atoms with Gasteiger partial charge in [-0.15, -0.1) is 0 Å². The quantitative estimate of drug-likeness (QED) is 0.906. The van der Waals surface area contributed by atoms with Crippen LogP contribution in [-0.2, 0) is 6.54 Å². The Morgan fingerprint density at radius 3 is 2.83 bits per heavy atom. The molecule has 94 valence electrons. The van der Waals surface area contributed by atoms with Gasteiger partial charge >= 0.3 is 0 Å². The number of nitrogens with zero attached hydrogens (tertiary/aromatic N) is 1. The van der Waals surface area contributed by atoms with Crippen LogP contribution in [0.15, 0.2) is 36.7 Å². The summed E-state index contributed by atoms with van der Waals surface area (Å²) < 4.78 is 31.6. The lowest BCUT2D eigenvalue weighted by atomic mass is 10.2. The summed E-state index contributed by atoms with van der Waals surface area (Å²) in [5.74, 6) is -0.952. The zero-order valence-corrected chi connectivity index (χ0v) is 9.78. The van der Waals surface area contributed by atoms with E-state index in [2.05, 4.69) is 10.3 Å². The van der Waals surface area contributed by atoms with Gasteiger partial charge in [-0.1, -0.05) is 0 Å². The van der Waals surface area contributed by atoms with Crippen LogP contribution in [0.25, 0.3) is 0 Å². The molecule has 3 nitrogen and oxygen atoms in total. The summed E-state index contributed by atoms with van der Waals surface area (Å²) in [4.78, 5) is 3.97. The summed E-state index contributed by atoms with van der Waals surface area (Å²) in [5.41, 5.74) is 0.895. The average molecular weight is 250 g/mol. The van der Waals surface area contributed by atoms with Gasteiger partial charge in [-0.25, -0.2) is 8.78 Å². The molecule has 1 heterocycles. The fraction of sp³-hybridized carbons (Fsp3) is 0.154. The molecule has 0 amide bonds. The molecule has 0 aliphatic heterocycles. The number of aromatic nitrogens is 1. The fourth-order valence-electron chi connectivity index (χ4n) is 1.50. The number of ether oxygens (including phenoxy) is 1. The molecule has 0 radical (unpaired) electrons. The molecular weight excluding hydrogens is 238 g/mol. The molecule has 2 aromatic rings. The summed E-state index contributed by atoms with van der Waals surface area (Å²) >= 11 is 0. The first-order chi connectivity index (χ1) is 8.69. The van der Waals surface area contributed by atoms with Crippen LogP contribution < -0.4 is 10.1 Å². The van der Waals surface area contributed by atoms with E-state index < -0.39 is 11.6 Å². The topological polar surface area (TPSA) is 34.2 Å². The maximum absolute atomic E-state index is 13.4. The second kappa shape index (κ2) is 5.55. The molecule has 0 saturated heterocycles.